The Hall–Kier alpha value is -4.59. The summed E-state index contributed by atoms with van der Waals surface area (Å²) in [5.74, 6) is -0.932. The van der Waals surface area contributed by atoms with E-state index >= 15 is 0 Å². The first-order valence-corrected chi connectivity index (χ1v) is 11.0. The SMILES string of the molecule is CCOc1cccc(N2C(=O)C(O)=C(C(=O)c3cc4cccc(OC)c4o3)C2c2cccnc2)c1. The summed E-state index contributed by atoms with van der Waals surface area (Å²) in [4.78, 5) is 32.6. The smallest absolute Gasteiger partial charge is 0.294 e. The molecule has 0 fully saturated rings. The van der Waals surface area contributed by atoms with Gasteiger partial charge in [0.2, 0.25) is 5.78 Å². The largest absolute Gasteiger partial charge is 0.503 e. The molecule has 1 atom stereocenters. The molecule has 1 amide bonds. The van der Waals surface area contributed by atoms with Gasteiger partial charge in [-0.2, -0.15) is 0 Å². The third kappa shape index (κ3) is 3.78. The van der Waals surface area contributed by atoms with Crippen molar-refractivity contribution in [3.8, 4) is 11.5 Å². The van der Waals surface area contributed by atoms with Gasteiger partial charge in [-0.1, -0.05) is 24.3 Å². The highest BCUT2D eigenvalue weighted by molar-refractivity contribution is 6.20. The fourth-order valence-corrected chi connectivity index (χ4v) is 4.29. The molecule has 0 saturated heterocycles. The molecule has 0 saturated carbocycles. The number of fused-ring (bicyclic) bond motifs is 1. The number of benzene rings is 2. The molecule has 1 aliphatic rings. The molecular weight excluding hydrogens is 448 g/mol. The van der Waals surface area contributed by atoms with Crippen molar-refractivity contribution in [1.82, 2.24) is 4.98 Å². The van der Waals surface area contributed by atoms with E-state index in [0.717, 1.165) is 0 Å². The highest BCUT2D eigenvalue weighted by Crippen LogP contribution is 2.43. The summed E-state index contributed by atoms with van der Waals surface area (Å²) in [7, 11) is 1.51. The van der Waals surface area contributed by atoms with E-state index in [1.165, 1.54) is 12.0 Å². The van der Waals surface area contributed by atoms with Crippen LogP contribution in [0.3, 0.4) is 0 Å². The van der Waals surface area contributed by atoms with E-state index in [4.69, 9.17) is 13.9 Å². The molecule has 176 valence electrons. The number of pyridine rings is 1. The van der Waals surface area contributed by atoms with Gasteiger partial charge < -0.3 is 19.0 Å². The van der Waals surface area contributed by atoms with E-state index in [-0.39, 0.29) is 11.3 Å². The van der Waals surface area contributed by atoms with Crippen molar-refractivity contribution < 1.29 is 28.6 Å². The Balaban J connectivity index is 1.64. The fraction of sp³-hybridized carbons (Fsp3) is 0.148. The summed E-state index contributed by atoms with van der Waals surface area (Å²) >= 11 is 0. The molecule has 1 aliphatic heterocycles. The van der Waals surface area contributed by atoms with Gasteiger partial charge in [0.1, 0.15) is 5.75 Å². The molecule has 3 heterocycles. The Bertz CT molecular complexity index is 1460. The molecule has 5 rings (SSSR count). The van der Waals surface area contributed by atoms with Crippen LogP contribution in [-0.4, -0.2) is 35.5 Å². The lowest BCUT2D eigenvalue weighted by Crippen LogP contribution is -2.31. The lowest BCUT2D eigenvalue weighted by Gasteiger charge is -2.26. The van der Waals surface area contributed by atoms with Gasteiger partial charge in [0.05, 0.1) is 25.3 Å². The predicted molar refractivity (Wildman–Crippen MR) is 129 cm³/mol. The van der Waals surface area contributed by atoms with Gasteiger partial charge in [0.25, 0.3) is 5.91 Å². The van der Waals surface area contributed by atoms with Crippen LogP contribution in [0.15, 0.2) is 88.8 Å². The zero-order valence-electron chi connectivity index (χ0n) is 19.1. The Kier molecular flexibility index (Phi) is 5.70. The summed E-state index contributed by atoms with van der Waals surface area (Å²) in [6.45, 7) is 2.31. The number of amides is 1. The quantitative estimate of drug-likeness (QED) is 0.379. The molecule has 0 radical (unpaired) electrons. The average molecular weight is 470 g/mol. The van der Waals surface area contributed by atoms with Gasteiger partial charge in [-0.15, -0.1) is 0 Å². The second kappa shape index (κ2) is 8.98. The molecule has 8 nitrogen and oxygen atoms in total. The summed E-state index contributed by atoms with van der Waals surface area (Å²) in [6, 6.07) is 16.3. The van der Waals surface area contributed by atoms with Crippen molar-refractivity contribution in [2.75, 3.05) is 18.6 Å². The number of ketones is 1. The standard InChI is InChI=1S/C27H22N2O6/c1-3-34-19-10-5-9-18(14-19)29-23(17-8-6-12-28-15-17)22(25(31)27(29)32)24(30)21-13-16-7-4-11-20(33-2)26(16)35-21/h4-15,23,31H,3H2,1-2H3. The van der Waals surface area contributed by atoms with E-state index in [1.54, 1.807) is 73.1 Å². The Morgan fingerprint density at radius 1 is 1.14 bits per heavy atom. The highest BCUT2D eigenvalue weighted by atomic mass is 16.5. The molecule has 0 aliphatic carbocycles. The van der Waals surface area contributed by atoms with Gasteiger partial charge in [0.15, 0.2) is 22.9 Å². The number of anilines is 1. The van der Waals surface area contributed by atoms with E-state index in [9.17, 15) is 14.7 Å². The first-order valence-electron chi connectivity index (χ1n) is 11.0. The fourth-order valence-electron chi connectivity index (χ4n) is 4.29. The normalized spacial score (nSPS) is 15.7. The van der Waals surface area contributed by atoms with Gasteiger partial charge in [-0.05, 0) is 42.8 Å². The van der Waals surface area contributed by atoms with Crippen LogP contribution in [0.1, 0.15) is 29.1 Å². The number of aromatic nitrogens is 1. The number of para-hydroxylation sites is 1. The van der Waals surface area contributed by atoms with E-state index in [1.807, 2.05) is 6.92 Å². The minimum atomic E-state index is -0.921. The Morgan fingerprint density at radius 3 is 2.71 bits per heavy atom. The van der Waals surface area contributed by atoms with Gasteiger partial charge >= 0.3 is 0 Å². The molecule has 2 aromatic heterocycles. The molecule has 1 unspecified atom stereocenters. The first-order chi connectivity index (χ1) is 17.0. The maximum absolute atomic E-state index is 13.7. The first kappa shape index (κ1) is 22.2. The summed E-state index contributed by atoms with van der Waals surface area (Å²) in [6.07, 6.45) is 3.15. The lowest BCUT2D eigenvalue weighted by atomic mass is 9.96. The van der Waals surface area contributed by atoms with Crippen molar-refractivity contribution >= 4 is 28.3 Å². The number of rotatable bonds is 7. The number of furan rings is 1. The lowest BCUT2D eigenvalue weighted by molar-refractivity contribution is -0.117. The number of aliphatic hydroxyl groups is 1. The van der Waals surface area contributed by atoms with Gasteiger partial charge in [0, 0.05) is 29.5 Å². The number of carbonyl (C=O) groups is 2. The molecule has 0 spiro atoms. The summed E-state index contributed by atoms with van der Waals surface area (Å²) in [5, 5.41) is 11.6. The van der Waals surface area contributed by atoms with Crippen molar-refractivity contribution in [2.45, 2.75) is 13.0 Å². The molecule has 1 N–H and O–H groups in total. The van der Waals surface area contributed by atoms with E-state index in [2.05, 4.69) is 4.98 Å². The van der Waals surface area contributed by atoms with Crippen LogP contribution in [0.5, 0.6) is 11.5 Å². The van der Waals surface area contributed by atoms with Crippen molar-refractivity contribution in [3.63, 3.8) is 0 Å². The number of methoxy groups -OCH3 is 1. The maximum Gasteiger partial charge on any atom is 0.294 e. The van der Waals surface area contributed by atoms with Crippen LogP contribution in [0.2, 0.25) is 0 Å². The molecular formula is C27H22N2O6. The molecule has 0 bridgehead atoms. The van der Waals surface area contributed by atoms with Crippen LogP contribution in [0.25, 0.3) is 11.0 Å². The predicted octanol–water partition coefficient (Wildman–Crippen LogP) is 5.02. The second-order valence-corrected chi connectivity index (χ2v) is 7.88. The third-order valence-corrected chi connectivity index (χ3v) is 5.81. The second-order valence-electron chi connectivity index (χ2n) is 7.88. The number of hydrogen-bond donors (Lipinski definition) is 1. The number of carbonyl (C=O) groups excluding carboxylic acids is 2. The number of Topliss-reactive ketones (excluding diaryl/α,β-unsaturated/α-hetero) is 1. The maximum atomic E-state index is 13.7. The zero-order valence-corrected chi connectivity index (χ0v) is 19.1. The van der Waals surface area contributed by atoms with Crippen molar-refractivity contribution in [3.05, 3.63) is 95.7 Å². The van der Waals surface area contributed by atoms with Crippen LogP contribution in [0, 0.1) is 0 Å². The molecule has 35 heavy (non-hydrogen) atoms. The molecule has 4 aromatic rings. The van der Waals surface area contributed by atoms with E-state index < -0.39 is 23.5 Å². The van der Waals surface area contributed by atoms with Gasteiger partial charge in [-0.3, -0.25) is 19.5 Å². The summed E-state index contributed by atoms with van der Waals surface area (Å²) < 4.78 is 16.8. The van der Waals surface area contributed by atoms with E-state index in [0.29, 0.717) is 40.3 Å². The monoisotopic (exact) mass is 470 g/mol. The molecule has 2 aromatic carbocycles. The average Bonchev–Trinajstić information content (AvgIpc) is 3.44. The summed E-state index contributed by atoms with van der Waals surface area (Å²) in [5.41, 5.74) is 1.34. The van der Waals surface area contributed by atoms with Crippen molar-refractivity contribution in [2.24, 2.45) is 0 Å². The number of nitrogens with zero attached hydrogens (tertiary/aromatic N) is 2. The minimum absolute atomic E-state index is 0.0161. The van der Waals surface area contributed by atoms with Crippen molar-refractivity contribution in [1.29, 1.82) is 0 Å². The topological polar surface area (TPSA) is 102 Å². The Morgan fingerprint density at radius 2 is 1.97 bits per heavy atom. The number of hydrogen-bond acceptors (Lipinski definition) is 7. The van der Waals surface area contributed by atoms with Crippen LogP contribution in [-0.2, 0) is 4.79 Å². The number of ether oxygens (including phenoxy) is 2. The van der Waals surface area contributed by atoms with Gasteiger partial charge in [-0.25, -0.2) is 0 Å². The highest BCUT2D eigenvalue weighted by Gasteiger charge is 2.45. The minimum Gasteiger partial charge on any atom is -0.503 e. The Labute approximate surface area is 201 Å². The molecule has 8 heteroatoms. The third-order valence-electron chi connectivity index (χ3n) is 5.81. The van der Waals surface area contributed by atoms with Crippen LogP contribution in [0.4, 0.5) is 5.69 Å². The number of aliphatic hydroxyl groups excluding tert-OH is 1. The van der Waals surface area contributed by atoms with Crippen LogP contribution >= 0.6 is 0 Å². The van der Waals surface area contributed by atoms with Crippen LogP contribution < -0.4 is 14.4 Å². The zero-order chi connectivity index (χ0) is 24.5.